The van der Waals surface area contributed by atoms with Crippen molar-refractivity contribution in [1.82, 2.24) is 9.88 Å². The molecule has 98 valence electrons. The average molecular weight is 267 g/mol. The highest BCUT2D eigenvalue weighted by Gasteiger charge is 2.29. The van der Waals surface area contributed by atoms with Crippen molar-refractivity contribution in [3.8, 4) is 0 Å². The molecule has 1 aromatic rings. The molecule has 18 heavy (non-hydrogen) atoms. The maximum atomic E-state index is 11.9. The van der Waals surface area contributed by atoms with Crippen LogP contribution < -0.4 is 5.73 Å². The predicted molar refractivity (Wildman–Crippen MR) is 69.2 cm³/mol. The van der Waals surface area contributed by atoms with Gasteiger partial charge in [-0.1, -0.05) is 6.92 Å². The Morgan fingerprint density at radius 2 is 2.33 bits per heavy atom. The van der Waals surface area contributed by atoms with Gasteiger partial charge in [-0.15, -0.1) is 11.3 Å². The topological polar surface area (TPSA) is 76.3 Å². The van der Waals surface area contributed by atoms with Gasteiger partial charge in [0, 0.05) is 13.0 Å². The molecule has 1 aromatic heterocycles. The van der Waals surface area contributed by atoms with Gasteiger partial charge in [-0.25, -0.2) is 4.98 Å². The number of carbonyl (C=O) groups excluding carboxylic acids is 2. The van der Waals surface area contributed by atoms with Crippen LogP contribution in [0.5, 0.6) is 0 Å². The number of likely N-dealkylation sites (tertiary alicyclic amines) is 1. The first-order valence-corrected chi connectivity index (χ1v) is 7.00. The molecule has 2 amide bonds. The van der Waals surface area contributed by atoms with Crippen LogP contribution in [0.3, 0.4) is 0 Å². The third-order valence-electron chi connectivity index (χ3n) is 3.18. The van der Waals surface area contributed by atoms with Gasteiger partial charge in [-0.05, 0) is 19.3 Å². The lowest BCUT2D eigenvalue weighted by Gasteiger charge is -2.34. The zero-order valence-corrected chi connectivity index (χ0v) is 11.2. The van der Waals surface area contributed by atoms with E-state index in [1.165, 1.54) is 17.5 Å². The maximum Gasteiger partial charge on any atom is 0.260 e. The fourth-order valence-corrected chi connectivity index (χ4v) is 3.16. The monoisotopic (exact) mass is 267 g/mol. The van der Waals surface area contributed by atoms with Gasteiger partial charge in [0.2, 0.25) is 5.91 Å². The van der Waals surface area contributed by atoms with E-state index in [-0.39, 0.29) is 11.9 Å². The summed E-state index contributed by atoms with van der Waals surface area (Å²) in [6, 6.07) is 0.0179. The van der Waals surface area contributed by atoms with Crippen LogP contribution in [-0.4, -0.2) is 28.2 Å². The molecule has 1 atom stereocenters. The Kier molecular flexibility index (Phi) is 3.96. The molecule has 1 fully saturated rings. The molecule has 1 saturated heterocycles. The minimum Gasteiger partial charge on any atom is -0.365 e. The van der Waals surface area contributed by atoms with Gasteiger partial charge in [0.1, 0.15) is 9.88 Å². The second-order valence-corrected chi connectivity index (χ2v) is 5.44. The summed E-state index contributed by atoms with van der Waals surface area (Å²) in [7, 11) is 0. The van der Waals surface area contributed by atoms with Crippen LogP contribution in [0.2, 0.25) is 0 Å². The van der Waals surface area contributed by atoms with E-state index in [0.29, 0.717) is 11.3 Å². The Hall–Kier alpha value is -1.43. The van der Waals surface area contributed by atoms with Gasteiger partial charge in [0.05, 0.1) is 12.2 Å². The van der Waals surface area contributed by atoms with Gasteiger partial charge < -0.3 is 10.6 Å². The van der Waals surface area contributed by atoms with Crippen molar-refractivity contribution in [2.75, 3.05) is 6.54 Å². The van der Waals surface area contributed by atoms with E-state index >= 15 is 0 Å². The Labute approximate surface area is 110 Å². The summed E-state index contributed by atoms with van der Waals surface area (Å²) >= 11 is 1.30. The molecule has 2 heterocycles. The standard InChI is InChI=1S/C12H17N3O2S/c1-2-10(16)15-6-4-3-5-8(15)12-14-7-9(18-12)11(13)17/h7-8H,2-6H2,1H3,(H2,13,17). The molecule has 2 rings (SSSR count). The smallest absolute Gasteiger partial charge is 0.260 e. The number of hydrogen-bond acceptors (Lipinski definition) is 4. The number of primary amides is 1. The average Bonchev–Trinajstić information content (AvgIpc) is 2.87. The summed E-state index contributed by atoms with van der Waals surface area (Å²) in [5.74, 6) is -0.307. The first kappa shape index (κ1) is 13.0. The highest BCUT2D eigenvalue weighted by Crippen LogP contribution is 2.33. The minimum absolute atomic E-state index is 0.0179. The van der Waals surface area contributed by atoms with E-state index in [9.17, 15) is 9.59 Å². The first-order valence-electron chi connectivity index (χ1n) is 6.18. The quantitative estimate of drug-likeness (QED) is 0.905. The number of thiazole rings is 1. The largest absolute Gasteiger partial charge is 0.365 e. The maximum absolute atomic E-state index is 11.9. The Balaban J connectivity index is 2.22. The summed E-state index contributed by atoms with van der Waals surface area (Å²) in [5.41, 5.74) is 5.23. The molecule has 1 aliphatic rings. The lowest BCUT2D eigenvalue weighted by Crippen LogP contribution is -2.38. The van der Waals surface area contributed by atoms with Crippen LogP contribution in [0.4, 0.5) is 0 Å². The van der Waals surface area contributed by atoms with Crippen molar-refractivity contribution in [3.63, 3.8) is 0 Å². The highest BCUT2D eigenvalue weighted by molar-refractivity contribution is 7.13. The molecule has 0 aromatic carbocycles. The third-order valence-corrected chi connectivity index (χ3v) is 4.29. The van der Waals surface area contributed by atoms with Crippen molar-refractivity contribution in [3.05, 3.63) is 16.1 Å². The number of rotatable bonds is 3. The highest BCUT2D eigenvalue weighted by atomic mass is 32.1. The summed E-state index contributed by atoms with van der Waals surface area (Å²) in [6.45, 7) is 2.65. The van der Waals surface area contributed by atoms with Crippen LogP contribution in [0.25, 0.3) is 0 Å². The van der Waals surface area contributed by atoms with Crippen molar-refractivity contribution in [2.24, 2.45) is 5.73 Å². The van der Waals surface area contributed by atoms with Gasteiger partial charge in [0.15, 0.2) is 0 Å². The van der Waals surface area contributed by atoms with E-state index in [4.69, 9.17) is 5.73 Å². The van der Waals surface area contributed by atoms with Crippen LogP contribution in [0, 0.1) is 0 Å². The van der Waals surface area contributed by atoms with Gasteiger partial charge in [0.25, 0.3) is 5.91 Å². The van der Waals surface area contributed by atoms with E-state index in [0.717, 1.165) is 30.8 Å². The second-order valence-electron chi connectivity index (χ2n) is 4.38. The molecule has 1 unspecified atom stereocenters. The molecule has 0 bridgehead atoms. The number of aromatic nitrogens is 1. The first-order chi connectivity index (χ1) is 8.63. The van der Waals surface area contributed by atoms with Crippen molar-refractivity contribution < 1.29 is 9.59 Å². The molecule has 2 N–H and O–H groups in total. The number of amides is 2. The molecular formula is C12H17N3O2S. The molecule has 6 heteroatoms. The van der Waals surface area contributed by atoms with Crippen molar-refractivity contribution in [1.29, 1.82) is 0 Å². The van der Waals surface area contributed by atoms with E-state index in [1.54, 1.807) is 0 Å². The van der Waals surface area contributed by atoms with E-state index in [2.05, 4.69) is 4.98 Å². The Bertz CT molecular complexity index is 458. The van der Waals surface area contributed by atoms with Crippen molar-refractivity contribution in [2.45, 2.75) is 38.6 Å². The molecule has 0 spiro atoms. The van der Waals surface area contributed by atoms with Crippen molar-refractivity contribution >= 4 is 23.2 Å². The number of nitrogens with zero attached hydrogens (tertiary/aromatic N) is 2. The molecule has 5 nitrogen and oxygen atoms in total. The second kappa shape index (κ2) is 5.48. The predicted octanol–water partition coefficient (Wildman–Crippen LogP) is 1.71. The Morgan fingerprint density at radius 1 is 1.56 bits per heavy atom. The Morgan fingerprint density at radius 3 is 2.94 bits per heavy atom. The summed E-state index contributed by atoms with van der Waals surface area (Å²) < 4.78 is 0. The summed E-state index contributed by atoms with van der Waals surface area (Å²) in [4.78, 5) is 29.6. The molecule has 1 aliphatic heterocycles. The van der Waals surface area contributed by atoms with Gasteiger partial charge >= 0.3 is 0 Å². The van der Waals surface area contributed by atoms with E-state index < -0.39 is 5.91 Å². The fraction of sp³-hybridized carbons (Fsp3) is 0.583. The third kappa shape index (κ3) is 2.53. The van der Waals surface area contributed by atoms with Crippen LogP contribution in [0.15, 0.2) is 6.20 Å². The van der Waals surface area contributed by atoms with Gasteiger partial charge in [-0.3, -0.25) is 9.59 Å². The normalized spacial score (nSPS) is 19.8. The van der Waals surface area contributed by atoms with Crippen LogP contribution in [0.1, 0.15) is 53.3 Å². The van der Waals surface area contributed by atoms with Gasteiger partial charge in [-0.2, -0.15) is 0 Å². The molecule has 0 saturated carbocycles. The summed E-state index contributed by atoms with van der Waals surface area (Å²) in [6.07, 6.45) is 5.05. The summed E-state index contributed by atoms with van der Waals surface area (Å²) in [5, 5.41) is 0.824. The fourth-order valence-electron chi connectivity index (χ4n) is 2.25. The number of carbonyl (C=O) groups is 2. The zero-order valence-electron chi connectivity index (χ0n) is 10.4. The van der Waals surface area contributed by atoms with Crippen LogP contribution in [-0.2, 0) is 4.79 Å². The van der Waals surface area contributed by atoms with E-state index in [1.807, 2.05) is 11.8 Å². The molecule has 0 aliphatic carbocycles. The lowest BCUT2D eigenvalue weighted by atomic mass is 10.0. The SMILES string of the molecule is CCC(=O)N1CCCCC1c1ncc(C(N)=O)s1. The molecule has 0 radical (unpaired) electrons. The zero-order chi connectivity index (χ0) is 13.1. The van der Waals surface area contributed by atoms with Crippen LogP contribution >= 0.6 is 11.3 Å². The minimum atomic E-state index is -0.456. The number of piperidine rings is 1. The molecular weight excluding hydrogens is 250 g/mol. The lowest BCUT2D eigenvalue weighted by molar-refractivity contribution is -0.134. The number of hydrogen-bond donors (Lipinski definition) is 1. The number of nitrogens with two attached hydrogens (primary N) is 1.